The van der Waals surface area contributed by atoms with Crippen LogP contribution in [0.15, 0.2) is 19.9 Å². The van der Waals surface area contributed by atoms with Gasteiger partial charge in [-0.15, -0.1) is 0 Å². The van der Waals surface area contributed by atoms with Crippen molar-refractivity contribution in [2.75, 3.05) is 6.61 Å². The first-order valence-electron chi connectivity index (χ1n) is 5.63. The van der Waals surface area contributed by atoms with Crippen LogP contribution >= 0.6 is 22.6 Å². The normalized spacial score (nSPS) is 27.2. The zero-order chi connectivity index (χ0) is 14.0. The van der Waals surface area contributed by atoms with Gasteiger partial charge in [0.15, 0.2) is 0 Å². The number of H-pyrrole nitrogens is 1. The monoisotopic (exact) mass is 380 g/mol. The number of aromatic nitrogens is 2. The number of rotatable bonds is 3. The predicted octanol–water partition coefficient (Wildman–Crippen LogP) is -0.417. The maximum absolute atomic E-state index is 11.7. The third-order valence-electron chi connectivity index (χ3n) is 2.93. The SMILES string of the molecule is O=c1[nH]c(=O)n(C2CC(O)C(CO)O2)cc1/C=C/I. The summed E-state index contributed by atoms with van der Waals surface area (Å²) in [6.45, 7) is -0.323. The number of hydrogen-bond acceptors (Lipinski definition) is 5. The van der Waals surface area contributed by atoms with Crippen LogP contribution in [0.5, 0.6) is 0 Å². The molecule has 1 aliphatic rings. The van der Waals surface area contributed by atoms with Gasteiger partial charge in [0.1, 0.15) is 12.3 Å². The molecule has 1 saturated heterocycles. The highest BCUT2D eigenvalue weighted by molar-refractivity contribution is 14.1. The predicted molar refractivity (Wildman–Crippen MR) is 76.0 cm³/mol. The van der Waals surface area contributed by atoms with Crippen LogP contribution in [0, 0.1) is 0 Å². The van der Waals surface area contributed by atoms with E-state index in [4.69, 9.17) is 9.84 Å². The van der Waals surface area contributed by atoms with E-state index in [0.29, 0.717) is 5.56 Å². The highest BCUT2D eigenvalue weighted by Gasteiger charge is 2.35. The van der Waals surface area contributed by atoms with Gasteiger partial charge in [-0.05, 0) is 10.2 Å². The molecule has 8 heteroatoms. The summed E-state index contributed by atoms with van der Waals surface area (Å²) in [5, 5.41) is 18.7. The zero-order valence-corrected chi connectivity index (χ0v) is 12.0. The topological polar surface area (TPSA) is 105 Å². The molecule has 1 aromatic rings. The second-order valence-corrected chi connectivity index (χ2v) is 4.88. The standard InChI is InChI=1S/C11H13IN2O5/c12-2-1-6-4-14(11(18)13-10(6)17)9-3-7(16)8(5-15)19-9/h1-2,4,7-9,15-16H,3,5H2,(H,13,17,18)/b2-1+. The summed E-state index contributed by atoms with van der Waals surface area (Å²) in [6, 6.07) is 0. The summed E-state index contributed by atoms with van der Waals surface area (Å²) >= 11 is 1.96. The second-order valence-electron chi connectivity index (χ2n) is 4.16. The molecule has 7 nitrogen and oxygen atoms in total. The van der Waals surface area contributed by atoms with Gasteiger partial charge >= 0.3 is 5.69 Å². The Morgan fingerprint density at radius 3 is 2.89 bits per heavy atom. The number of hydrogen-bond donors (Lipinski definition) is 3. The lowest BCUT2D eigenvalue weighted by Crippen LogP contribution is -2.33. The van der Waals surface area contributed by atoms with Gasteiger partial charge in [-0.3, -0.25) is 14.3 Å². The van der Waals surface area contributed by atoms with Crippen molar-refractivity contribution in [2.45, 2.75) is 24.9 Å². The Hall–Kier alpha value is -0.970. The smallest absolute Gasteiger partial charge is 0.330 e. The number of nitrogens with one attached hydrogen (secondary N) is 1. The summed E-state index contributed by atoms with van der Waals surface area (Å²) in [6.07, 6.45) is 0.880. The highest BCUT2D eigenvalue weighted by Crippen LogP contribution is 2.27. The van der Waals surface area contributed by atoms with Gasteiger partial charge in [-0.2, -0.15) is 0 Å². The Kier molecular flexibility index (Phi) is 4.55. The van der Waals surface area contributed by atoms with E-state index in [9.17, 15) is 14.7 Å². The fourth-order valence-corrected chi connectivity index (χ4v) is 2.34. The Morgan fingerprint density at radius 1 is 1.58 bits per heavy atom. The third kappa shape index (κ3) is 2.96. The average molecular weight is 380 g/mol. The first-order chi connectivity index (χ1) is 9.06. The van der Waals surface area contributed by atoms with E-state index < -0.39 is 29.7 Å². The Labute approximate surface area is 121 Å². The quantitative estimate of drug-likeness (QED) is 0.619. The van der Waals surface area contributed by atoms with E-state index >= 15 is 0 Å². The lowest BCUT2D eigenvalue weighted by molar-refractivity contribution is -0.0459. The fourth-order valence-electron chi connectivity index (χ4n) is 1.95. The van der Waals surface area contributed by atoms with Crippen LogP contribution in [0.4, 0.5) is 0 Å². The molecule has 3 N–H and O–H groups in total. The first kappa shape index (κ1) is 14.4. The molecule has 2 rings (SSSR count). The Morgan fingerprint density at radius 2 is 2.32 bits per heavy atom. The number of aliphatic hydroxyl groups is 2. The van der Waals surface area contributed by atoms with Crippen LogP contribution in [0.1, 0.15) is 18.2 Å². The van der Waals surface area contributed by atoms with E-state index in [1.165, 1.54) is 10.8 Å². The van der Waals surface area contributed by atoms with Crippen LogP contribution < -0.4 is 11.2 Å². The van der Waals surface area contributed by atoms with Gasteiger partial charge in [-0.1, -0.05) is 22.6 Å². The molecule has 0 bridgehead atoms. The van der Waals surface area contributed by atoms with Crippen LogP contribution in [0.2, 0.25) is 0 Å². The average Bonchev–Trinajstić information content (AvgIpc) is 2.74. The van der Waals surface area contributed by atoms with Crippen LogP contribution in [-0.4, -0.2) is 38.6 Å². The van der Waals surface area contributed by atoms with Crippen molar-refractivity contribution in [1.82, 2.24) is 9.55 Å². The lowest BCUT2D eigenvalue weighted by Gasteiger charge is -2.14. The molecular weight excluding hydrogens is 367 g/mol. The second kappa shape index (κ2) is 5.99. The van der Waals surface area contributed by atoms with Gasteiger partial charge in [0.05, 0.1) is 18.3 Å². The highest BCUT2D eigenvalue weighted by atomic mass is 127. The maximum atomic E-state index is 11.7. The molecule has 0 spiro atoms. The van der Waals surface area contributed by atoms with E-state index in [2.05, 4.69) is 4.98 Å². The van der Waals surface area contributed by atoms with Crippen molar-refractivity contribution in [3.8, 4) is 0 Å². The van der Waals surface area contributed by atoms with Gasteiger partial charge in [-0.25, -0.2) is 4.79 Å². The summed E-state index contributed by atoms with van der Waals surface area (Å²) in [5.41, 5.74) is -0.766. The number of ether oxygens (including phenoxy) is 1. The molecule has 0 radical (unpaired) electrons. The van der Waals surface area contributed by atoms with Crippen molar-refractivity contribution in [1.29, 1.82) is 0 Å². The summed E-state index contributed by atoms with van der Waals surface area (Å²) in [7, 11) is 0. The molecule has 2 heterocycles. The van der Waals surface area contributed by atoms with Gasteiger partial charge in [0.2, 0.25) is 0 Å². The fraction of sp³-hybridized carbons (Fsp3) is 0.455. The lowest BCUT2D eigenvalue weighted by atomic mass is 10.2. The first-order valence-corrected chi connectivity index (χ1v) is 6.88. The molecule has 3 atom stereocenters. The van der Waals surface area contributed by atoms with Crippen molar-refractivity contribution in [3.63, 3.8) is 0 Å². The molecule has 0 aromatic carbocycles. The molecule has 104 valence electrons. The minimum atomic E-state index is -0.836. The van der Waals surface area contributed by atoms with Crippen molar-refractivity contribution >= 4 is 28.7 Å². The maximum Gasteiger partial charge on any atom is 0.330 e. The zero-order valence-electron chi connectivity index (χ0n) is 9.82. The molecule has 1 fully saturated rings. The van der Waals surface area contributed by atoms with Crippen LogP contribution in [0.25, 0.3) is 6.08 Å². The van der Waals surface area contributed by atoms with E-state index in [1.54, 1.807) is 10.2 Å². The van der Waals surface area contributed by atoms with E-state index in [1.807, 2.05) is 22.6 Å². The molecule has 0 amide bonds. The van der Waals surface area contributed by atoms with Gasteiger partial charge < -0.3 is 14.9 Å². The van der Waals surface area contributed by atoms with Gasteiger partial charge in [0.25, 0.3) is 5.56 Å². The minimum absolute atomic E-state index is 0.185. The summed E-state index contributed by atoms with van der Waals surface area (Å²) in [5.74, 6) is 0. The molecule has 0 saturated carbocycles. The molecule has 0 aliphatic carbocycles. The van der Waals surface area contributed by atoms with Crippen molar-refractivity contribution in [3.05, 3.63) is 36.7 Å². The largest absolute Gasteiger partial charge is 0.394 e. The number of halogens is 1. The molecule has 1 aromatic heterocycles. The molecular formula is C11H13IN2O5. The van der Waals surface area contributed by atoms with E-state index in [-0.39, 0.29) is 13.0 Å². The minimum Gasteiger partial charge on any atom is -0.394 e. The van der Waals surface area contributed by atoms with E-state index in [0.717, 1.165) is 0 Å². The van der Waals surface area contributed by atoms with Crippen molar-refractivity contribution < 1.29 is 14.9 Å². The number of aromatic amines is 1. The Bertz CT molecular complexity index is 593. The van der Waals surface area contributed by atoms with Crippen LogP contribution in [0.3, 0.4) is 0 Å². The molecule has 3 unspecified atom stereocenters. The van der Waals surface area contributed by atoms with Gasteiger partial charge in [0, 0.05) is 12.6 Å². The third-order valence-corrected chi connectivity index (χ3v) is 3.29. The molecule has 19 heavy (non-hydrogen) atoms. The summed E-state index contributed by atoms with van der Waals surface area (Å²) < 4.78 is 8.24. The number of aliphatic hydroxyl groups excluding tert-OH is 2. The summed E-state index contributed by atoms with van der Waals surface area (Å²) in [4.78, 5) is 25.5. The number of nitrogens with zero attached hydrogens (tertiary/aromatic N) is 1. The van der Waals surface area contributed by atoms with Crippen molar-refractivity contribution in [2.24, 2.45) is 0 Å². The Balaban J connectivity index is 2.38. The van der Waals surface area contributed by atoms with Crippen LogP contribution in [-0.2, 0) is 4.74 Å². The molecule has 1 aliphatic heterocycles.